The van der Waals surface area contributed by atoms with Crippen LogP contribution in [0.2, 0.25) is 0 Å². The van der Waals surface area contributed by atoms with Gasteiger partial charge in [0.25, 0.3) is 5.91 Å². The van der Waals surface area contributed by atoms with E-state index in [1.54, 1.807) is 5.57 Å². The fraction of sp³-hybridized carbons (Fsp3) is 0.538. The molecule has 0 radical (unpaired) electrons. The van der Waals surface area contributed by atoms with Crippen LogP contribution in [0, 0.1) is 18.8 Å². The van der Waals surface area contributed by atoms with E-state index in [2.05, 4.69) is 69.4 Å². The molecule has 1 N–H and O–H groups in total. The number of carbonyl (C=O) groups excluding carboxylic acids is 1. The highest BCUT2D eigenvalue weighted by molar-refractivity contribution is 5.78. The number of hydrazone groups is 1. The zero-order valence-corrected chi connectivity index (χ0v) is 19.5. The Morgan fingerprint density at radius 2 is 2.10 bits per heavy atom. The lowest BCUT2D eigenvalue weighted by Gasteiger charge is -2.25. The van der Waals surface area contributed by atoms with Crippen LogP contribution in [0.4, 0.5) is 0 Å². The predicted molar refractivity (Wildman–Crippen MR) is 126 cm³/mol. The summed E-state index contributed by atoms with van der Waals surface area (Å²) in [6.45, 7) is 12.8. The molecule has 1 amide bonds. The minimum absolute atomic E-state index is 0.0326. The van der Waals surface area contributed by atoms with Crippen molar-refractivity contribution in [2.45, 2.75) is 73.1 Å². The van der Waals surface area contributed by atoms with Gasteiger partial charge in [-0.2, -0.15) is 5.10 Å². The molecule has 1 aliphatic rings. The maximum Gasteiger partial charge on any atom is 0.277 e. The van der Waals surface area contributed by atoms with Crippen molar-refractivity contribution in [1.29, 1.82) is 0 Å². The standard InChI is InChI=1S/C26H38N2O2/c1-18(2)8-7-9-22-11-12-23(21(6)15-22)16-27-28-26(29)17-30-25-14-20(5)10-13-24(25)19(3)4/h8,10-11,13-14,16,19,21,23H,7,9,12,15,17H2,1-6H3,(H,28,29). The molecule has 164 valence electrons. The van der Waals surface area contributed by atoms with Crippen molar-refractivity contribution in [3.63, 3.8) is 0 Å². The molecule has 1 aliphatic carbocycles. The first-order valence-electron chi connectivity index (χ1n) is 11.1. The first kappa shape index (κ1) is 23.9. The molecule has 2 atom stereocenters. The van der Waals surface area contributed by atoms with Crippen LogP contribution in [-0.4, -0.2) is 18.7 Å². The van der Waals surface area contributed by atoms with Crippen molar-refractivity contribution >= 4 is 12.1 Å². The lowest BCUT2D eigenvalue weighted by Crippen LogP contribution is -2.26. The second kappa shape index (κ2) is 11.7. The summed E-state index contributed by atoms with van der Waals surface area (Å²) in [6, 6.07) is 6.12. The van der Waals surface area contributed by atoms with Gasteiger partial charge in [0.2, 0.25) is 0 Å². The fourth-order valence-corrected chi connectivity index (χ4v) is 3.77. The van der Waals surface area contributed by atoms with Gasteiger partial charge in [0.1, 0.15) is 5.75 Å². The Morgan fingerprint density at radius 3 is 2.77 bits per heavy atom. The number of nitrogens with one attached hydrogen (secondary N) is 1. The molecule has 0 spiro atoms. The second-order valence-corrected chi connectivity index (χ2v) is 9.06. The number of benzene rings is 1. The summed E-state index contributed by atoms with van der Waals surface area (Å²) >= 11 is 0. The molecular formula is C26H38N2O2. The number of ether oxygens (including phenoxy) is 1. The average molecular weight is 411 g/mol. The Labute approximate surface area is 182 Å². The van der Waals surface area contributed by atoms with Crippen LogP contribution >= 0.6 is 0 Å². The lowest BCUT2D eigenvalue weighted by atomic mass is 9.80. The molecule has 1 aromatic carbocycles. The Morgan fingerprint density at radius 1 is 1.33 bits per heavy atom. The largest absolute Gasteiger partial charge is 0.483 e. The van der Waals surface area contributed by atoms with E-state index in [4.69, 9.17) is 4.74 Å². The second-order valence-electron chi connectivity index (χ2n) is 9.06. The van der Waals surface area contributed by atoms with Gasteiger partial charge in [-0.1, -0.05) is 56.2 Å². The van der Waals surface area contributed by atoms with Gasteiger partial charge < -0.3 is 4.74 Å². The number of rotatable bonds is 9. The summed E-state index contributed by atoms with van der Waals surface area (Å²) in [5.74, 6) is 1.78. The summed E-state index contributed by atoms with van der Waals surface area (Å²) in [6.07, 6.45) is 10.9. The van der Waals surface area contributed by atoms with Crippen molar-refractivity contribution in [3.05, 3.63) is 52.6 Å². The first-order valence-corrected chi connectivity index (χ1v) is 11.1. The SMILES string of the molecule is CC(C)=CCCC1=CCC(C=NNC(=O)COc2cc(C)ccc2C(C)C)C(C)C1. The third kappa shape index (κ3) is 7.81. The van der Waals surface area contributed by atoms with E-state index >= 15 is 0 Å². The van der Waals surface area contributed by atoms with E-state index in [9.17, 15) is 4.79 Å². The number of carbonyl (C=O) groups is 1. The minimum atomic E-state index is -0.233. The van der Waals surface area contributed by atoms with Crippen molar-refractivity contribution in [2.24, 2.45) is 16.9 Å². The lowest BCUT2D eigenvalue weighted by molar-refractivity contribution is -0.123. The highest BCUT2D eigenvalue weighted by atomic mass is 16.5. The summed E-state index contributed by atoms with van der Waals surface area (Å²) < 4.78 is 5.77. The van der Waals surface area contributed by atoms with E-state index in [0.717, 1.165) is 42.6 Å². The monoisotopic (exact) mass is 410 g/mol. The van der Waals surface area contributed by atoms with Crippen LogP contribution < -0.4 is 10.2 Å². The summed E-state index contributed by atoms with van der Waals surface area (Å²) in [4.78, 5) is 12.2. The first-order chi connectivity index (χ1) is 14.3. The zero-order valence-electron chi connectivity index (χ0n) is 19.5. The molecule has 0 aliphatic heterocycles. The quantitative estimate of drug-likeness (QED) is 0.294. The van der Waals surface area contributed by atoms with E-state index in [0.29, 0.717) is 17.8 Å². The molecule has 30 heavy (non-hydrogen) atoms. The van der Waals surface area contributed by atoms with Gasteiger partial charge in [0.05, 0.1) is 0 Å². The van der Waals surface area contributed by atoms with Crippen molar-refractivity contribution < 1.29 is 9.53 Å². The Hall–Kier alpha value is -2.36. The van der Waals surface area contributed by atoms with Gasteiger partial charge in [-0.05, 0) is 75.5 Å². The van der Waals surface area contributed by atoms with Gasteiger partial charge in [-0.3, -0.25) is 4.79 Å². The van der Waals surface area contributed by atoms with E-state index in [-0.39, 0.29) is 12.5 Å². The van der Waals surface area contributed by atoms with Crippen molar-refractivity contribution in [3.8, 4) is 5.75 Å². The molecule has 0 aromatic heterocycles. The van der Waals surface area contributed by atoms with Gasteiger partial charge in [-0.25, -0.2) is 5.43 Å². The number of aryl methyl sites for hydroxylation is 1. The van der Waals surface area contributed by atoms with Gasteiger partial charge in [0, 0.05) is 12.1 Å². The number of amides is 1. The number of nitrogens with zero attached hydrogens (tertiary/aromatic N) is 1. The molecule has 4 nitrogen and oxygen atoms in total. The van der Waals surface area contributed by atoms with Crippen LogP contribution in [0.5, 0.6) is 5.75 Å². The number of allylic oxidation sites excluding steroid dienone is 4. The molecule has 0 bridgehead atoms. The van der Waals surface area contributed by atoms with E-state index in [1.807, 2.05) is 19.2 Å². The molecule has 0 fully saturated rings. The van der Waals surface area contributed by atoms with E-state index < -0.39 is 0 Å². The third-order valence-electron chi connectivity index (χ3n) is 5.62. The molecular weight excluding hydrogens is 372 g/mol. The molecule has 4 heteroatoms. The summed E-state index contributed by atoms with van der Waals surface area (Å²) in [7, 11) is 0. The molecule has 1 aromatic rings. The summed E-state index contributed by atoms with van der Waals surface area (Å²) in [5.41, 5.74) is 7.77. The van der Waals surface area contributed by atoms with Crippen molar-refractivity contribution in [2.75, 3.05) is 6.61 Å². The average Bonchev–Trinajstić information content (AvgIpc) is 2.67. The molecule has 0 heterocycles. The Kier molecular flexibility index (Phi) is 9.35. The van der Waals surface area contributed by atoms with Gasteiger partial charge in [-0.15, -0.1) is 0 Å². The van der Waals surface area contributed by atoms with Gasteiger partial charge in [0.15, 0.2) is 6.61 Å². The topological polar surface area (TPSA) is 50.7 Å². The van der Waals surface area contributed by atoms with Crippen molar-refractivity contribution in [1.82, 2.24) is 5.43 Å². The molecule has 2 unspecified atom stereocenters. The fourth-order valence-electron chi connectivity index (χ4n) is 3.77. The van der Waals surface area contributed by atoms with Crippen LogP contribution in [0.25, 0.3) is 0 Å². The molecule has 0 saturated heterocycles. The predicted octanol–water partition coefficient (Wildman–Crippen LogP) is 6.32. The van der Waals surface area contributed by atoms with Crippen LogP contribution in [-0.2, 0) is 4.79 Å². The summed E-state index contributed by atoms with van der Waals surface area (Å²) in [5, 5.41) is 4.20. The minimum Gasteiger partial charge on any atom is -0.483 e. The van der Waals surface area contributed by atoms with Crippen LogP contribution in [0.3, 0.4) is 0 Å². The van der Waals surface area contributed by atoms with Gasteiger partial charge >= 0.3 is 0 Å². The third-order valence-corrected chi connectivity index (χ3v) is 5.62. The maximum absolute atomic E-state index is 12.2. The Balaban J connectivity index is 1.80. The van der Waals surface area contributed by atoms with E-state index in [1.165, 1.54) is 5.57 Å². The van der Waals surface area contributed by atoms with Crippen LogP contribution in [0.1, 0.15) is 77.3 Å². The molecule has 0 saturated carbocycles. The molecule has 2 rings (SSSR count). The maximum atomic E-state index is 12.2. The smallest absolute Gasteiger partial charge is 0.277 e. The highest BCUT2D eigenvalue weighted by Crippen LogP contribution is 2.30. The number of hydrogen-bond acceptors (Lipinski definition) is 3. The van der Waals surface area contributed by atoms with Crippen LogP contribution in [0.15, 0.2) is 46.6 Å². The zero-order chi connectivity index (χ0) is 22.1. The highest BCUT2D eigenvalue weighted by Gasteiger charge is 2.20. The Bertz CT molecular complexity index is 801. The normalized spacial score (nSPS) is 19.0. The number of hydrogen-bond donors (Lipinski definition) is 1.